The molecule has 1 aromatic carbocycles. The number of hydrogen-bond acceptors (Lipinski definition) is 4. The molecule has 0 saturated carbocycles. The summed E-state index contributed by atoms with van der Waals surface area (Å²) in [5.41, 5.74) is -0.974. The number of nitrogens with zero attached hydrogens (tertiary/aromatic N) is 1. The van der Waals surface area contributed by atoms with Crippen molar-refractivity contribution in [3.05, 3.63) is 29.3 Å². The third kappa shape index (κ3) is 6.54. The number of unbranched alkanes of at least 4 members (excludes halogenated alkanes) is 1. The van der Waals surface area contributed by atoms with Crippen LogP contribution in [-0.2, 0) is 10.9 Å². The van der Waals surface area contributed by atoms with E-state index >= 15 is 0 Å². The van der Waals surface area contributed by atoms with E-state index in [1.807, 2.05) is 6.92 Å². The zero-order chi connectivity index (χ0) is 21.6. The van der Waals surface area contributed by atoms with Crippen molar-refractivity contribution in [1.29, 1.82) is 0 Å². The van der Waals surface area contributed by atoms with Crippen molar-refractivity contribution >= 4 is 17.7 Å². The molecule has 0 aromatic heterocycles. The number of ether oxygens (including phenoxy) is 1. The lowest BCUT2D eigenvalue weighted by Crippen LogP contribution is -2.28. The highest BCUT2D eigenvalue weighted by atomic mass is 19.4. The van der Waals surface area contributed by atoms with E-state index in [1.54, 1.807) is 6.92 Å². The predicted octanol–water partition coefficient (Wildman–Crippen LogP) is 4.85. The molecule has 6 nitrogen and oxygen atoms in total. The van der Waals surface area contributed by atoms with E-state index in [0.717, 1.165) is 18.6 Å². The van der Waals surface area contributed by atoms with Crippen LogP contribution in [0.2, 0.25) is 0 Å². The Bertz CT molecular complexity index is 724. The molecule has 1 heterocycles. The summed E-state index contributed by atoms with van der Waals surface area (Å²) in [6, 6.07) is 2.84. The Labute approximate surface area is 168 Å². The van der Waals surface area contributed by atoms with Gasteiger partial charge in [0.15, 0.2) is 0 Å². The lowest BCUT2D eigenvalue weighted by Gasteiger charge is -2.22. The summed E-state index contributed by atoms with van der Waals surface area (Å²) in [6.07, 6.45) is -2.84. The molecule has 1 aliphatic rings. The van der Waals surface area contributed by atoms with Crippen molar-refractivity contribution in [3.8, 4) is 0 Å². The molecular weight excluding hydrogens is 389 g/mol. The molecule has 0 radical (unpaired) electrons. The highest BCUT2D eigenvalue weighted by Gasteiger charge is 2.35. The van der Waals surface area contributed by atoms with Gasteiger partial charge in [0.05, 0.1) is 17.7 Å². The van der Waals surface area contributed by atoms with Crippen LogP contribution in [0.1, 0.15) is 55.5 Å². The summed E-state index contributed by atoms with van der Waals surface area (Å²) in [6.45, 7) is 4.71. The molecule has 29 heavy (non-hydrogen) atoms. The summed E-state index contributed by atoms with van der Waals surface area (Å²) in [5, 5.41) is 11.9. The number of carbonyl (C=O) groups is 2. The summed E-state index contributed by atoms with van der Waals surface area (Å²) < 4.78 is 45.3. The van der Waals surface area contributed by atoms with Gasteiger partial charge in [0.1, 0.15) is 0 Å². The topological polar surface area (TPSA) is 78.9 Å². The van der Waals surface area contributed by atoms with E-state index in [4.69, 9.17) is 9.84 Å². The van der Waals surface area contributed by atoms with Gasteiger partial charge < -0.3 is 20.1 Å². The van der Waals surface area contributed by atoms with Crippen LogP contribution in [0, 0.1) is 5.92 Å². The molecule has 162 valence electrons. The number of anilines is 1. The van der Waals surface area contributed by atoms with Crippen LogP contribution in [0.5, 0.6) is 0 Å². The highest BCUT2D eigenvalue weighted by molar-refractivity contribution is 5.91. The van der Waals surface area contributed by atoms with Crippen molar-refractivity contribution in [3.63, 3.8) is 0 Å². The lowest BCUT2D eigenvalue weighted by molar-refractivity contribution is -0.137. The minimum Gasteiger partial charge on any atom is -0.465 e. The molecule has 0 bridgehead atoms. The fourth-order valence-corrected chi connectivity index (χ4v) is 3.45. The Hall–Kier alpha value is -2.45. The zero-order valence-electron chi connectivity index (χ0n) is 16.6. The molecule has 0 aliphatic carbocycles. The van der Waals surface area contributed by atoms with Crippen LogP contribution in [0.25, 0.3) is 0 Å². The number of halogens is 3. The molecule has 1 saturated heterocycles. The second-order valence-corrected chi connectivity index (χ2v) is 7.41. The van der Waals surface area contributed by atoms with Crippen molar-refractivity contribution in [2.24, 2.45) is 5.92 Å². The SMILES string of the molecule is CCCCOC(=O)c1ccc(C(F)(F)F)c(NC(C)C[C@H]2CCN(C(=O)O)C2)c1. The van der Waals surface area contributed by atoms with Crippen molar-refractivity contribution in [2.45, 2.75) is 51.7 Å². The second kappa shape index (κ2) is 9.84. The maximum atomic E-state index is 13.4. The molecule has 1 amide bonds. The molecule has 0 spiro atoms. The van der Waals surface area contributed by atoms with Crippen molar-refractivity contribution in [1.82, 2.24) is 4.90 Å². The van der Waals surface area contributed by atoms with Gasteiger partial charge in [-0.1, -0.05) is 13.3 Å². The van der Waals surface area contributed by atoms with Crippen LogP contribution in [-0.4, -0.2) is 47.8 Å². The molecule has 1 aromatic rings. The first-order valence-electron chi connectivity index (χ1n) is 9.74. The Kier molecular flexibility index (Phi) is 7.75. The van der Waals surface area contributed by atoms with Crippen LogP contribution < -0.4 is 5.32 Å². The van der Waals surface area contributed by atoms with Gasteiger partial charge in [-0.25, -0.2) is 9.59 Å². The summed E-state index contributed by atoms with van der Waals surface area (Å²) in [7, 11) is 0. The van der Waals surface area contributed by atoms with Gasteiger partial charge in [0.25, 0.3) is 0 Å². The van der Waals surface area contributed by atoms with Crippen molar-refractivity contribution < 1.29 is 32.6 Å². The van der Waals surface area contributed by atoms with E-state index < -0.39 is 23.8 Å². The molecule has 2 rings (SSSR count). The molecule has 9 heteroatoms. The second-order valence-electron chi connectivity index (χ2n) is 7.41. The molecular formula is C20H27F3N2O4. The van der Waals surface area contributed by atoms with E-state index in [-0.39, 0.29) is 29.8 Å². The van der Waals surface area contributed by atoms with Gasteiger partial charge >= 0.3 is 18.2 Å². The number of rotatable bonds is 8. The van der Waals surface area contributed by atoms with Gasteiger partial charge in [-0.2, -0.15) is 13.2 Å². The fourth-order valence-electron chi connectivity index (χ4n) is 3.45. The van der Waals surface area contributed by atoms with Crippen molar-refractivity contribution in [2.75, 3.05) is 25.0 Å². The van der Waals surface area contributed by atoms with E-state index in [0.29, 0.717) is 32.4 Å². The number of alkyl halides is 3. The highest BCUT2D eigenvalue weighted by Crippen LogP contribution is 2.36. The Morgan fingerprint density at radius 1 is 1.38 bits per heavy atom. The molecule has 1 unspecified atom stereocenters. The summed E-state index contributed by atoms with van der Waals surface area (Å²) in [4.78, 5) is 24.4. The van der Waals surface area contributed by atoms with Crippen LogP contribution in [0.4, 0.5) is 23.7 Å². The Morgan fingerprint density at radius 2 is 2.10 bits per heavy atom. The largest absolute Gasteiger partial charge is 0.465 e. The smallest absolute Gasteiger partial charge is 0.418 e. The zero-order valence-corrected chi connectivity index (χ0v) is 16.6. The van der Waals surface area contributed by atoms with Gasteiger partial charge in [-0.15, -0.1) is 0 Å². The molecule has 2 atom stereocenters. The number of carbonyl (C=O) groups excluding carboxylic acids is 1. The number of nitrogens with one attached hydrogen (secondary N) is 1. The monoisotopic (exact) mass is 416 g/mol. The third-order valence-corrected chi connectivity index (χ3v) is 4.94. The Morgan fingerprint density at radius 3 is 2.69 bits per heavy atom. The Balaban J connectivity index is 2.10. The number of carboxylic acid groups (broad SMARTS) is 1. The maximum absolute atomic E-state index is 13.4. The normalized spacial score (nSPS) is 17.8. The van der Waals surface area contributed by atoms with Crippen LogP contribution >= 0.6 is 0 Å². The van der Waals surface area contributed by atoms with E-state index in [2.05, 4.69) is 5.32 Å². The van der Waals surface area contributed by atoms with Gasteiger partial charge in [-0.3, -0.25) is 0 Å². The van der Waals surface area contributed by atoms with E-state index in [1.165, 1.54) is 11.0 Å². The van der Waals surface area contributed by atoms with Gasteiger partial charge in [0.2, 0.25) is 0 Å². The molecule has 1 fully saturated rings. The number of likely N-dealkylation sites (tertiary alicyclic amines) is 1. The van der Waals surface area contributed by atoms with Gasteiger partial charge in [0, 0.05) is 24.8 Å². The average Bonchev–Trinajstić information content (AvgIpc) is 3.09. The standard InChI is InChI=1S/C20H27F3N2O4/c1-3-4-9-29-18(26)15-5-6-16(20(21,22)23)17(11-15)24-13(2)10-14-7-8-25(12-14)19(27)28/h5-6,11,13-14,24H,3-4,7-10,12H2,1-2H3,(H,27,28)/t13?,14-/m1/s1. The number of benzene rings is 1. The van der Waals surface area contributed by atoms with E-state index in [9.17, 15) is 22.8 Å². The molecule has 2 N–H and O–H groups in total. The third-order valence-electron chi connectivity index (χ3n) is 4.94. The lowest BCUT2D eigenvalue weighted by atomic mass is 9.99. The first-order valence-corrected chi connectivity index (χ1v) is 9.74. The van der Waals surface area contributed by atoms with Crippen LogP contribution in [0.15, 0.2) is 18.2 Å². The first-order chi connectivity index (χ1) is 13.6. The first kappa shape index (κ1) is 22.8. The average molecular weight is 416 g/mol. The van der Waals surface area contributed by atoms with Gasteiger partial charge in [-0.05, 0) is 50.3 Å². The minimum atomic E-state index is -4.57. The minimum absolute atomic E-state index is 0.0571. The number of esters is 1. The van der Waals surface area contributed by atoms with Crippen LogP contribution in [0.3, 0.4) is 0 Å². The predicted molar refractivity (Wildman–Crippen MR) is 102 cm³/mol. The quantitative estimate of drug-likeness (QED) is 0.468. The summed E-state index contributed by atoms with van der Waals surface area (Å²) >= 11 is 0. The summed E-state index contributed by atoms with van der Waals surface area (Å²) in [5.74, 6) is -0.583. The maximum Gasteiger partial charge on any atom is 0.418 e. The number of hydrogen-bond donors (Lipinski definition) is 2. The number of amides is 1. The fraction of sp³-hybridized carbons (Fsp3) is 0.600. The molecule has 1 aliphatic heterocycles.